The van der Waals surface area contributed by atoms with Gasteiger partial charge in [0.15, 0.2) is 0 Å². The van der Waals surface area contributed by atoms with E-state index in [0.717, 1.165) is 23.3 Å². The number of nitrogens with one attached hydrogen (secondary N) is 2. The molecule has 0 saturated heterocycles. The number of fused-ring (bicyclic) bond motifs is 1. The van der Waals surface area contributed by atoms with Crippen molar-refractivity contribution in [2.75, 3.05) is 11.9 Å². The minimum absolute atomic E-state index is 0.277. The van der Waals surface area contributed by atoms with Crippen molar-refractivity contribution in [3.8, 4) is 0 Å². The van der Waals surface area contributed by atoms with Gasteiger partial charge in [0.1, 0.15) is 11.0 Å². The van der Waals surface area contributed by atoms with Crippen LogP contribution in [0, 0.1) is 5.41 Å². The van der Waals surface area contributed by atoms with E-state index in [1.165, 1.54) is 0 Å². The van der Waals surface area contributed by atoms with Gasteiger partial charge >= 0.3 is 0 Å². The third kappa shape index (κ3) is 2.46. The zero-order valence-corrected chi connectivity index (χ0v) is 9.33. The first-order chi connectivity index (χ1) is 7.04. The standard InChI is InChI=1S/C11H16N4/c1-11(2,3)7-12-8-4-5-9-10(6-8)14-15-13-9/h4-6,12H,7H2,1-3H3,(H,13,14,15). The van der Waals surface area contributed by atoms with Gasteiger partial charge in [-0.15, -0.1) is 0 Å². The molecular weight excluding hydrogens is 188 g/mol. The number of aromatic amines is 1. The summed E-state index contributed by atoms with van der Waals surface area (Å²) >= 11 is 0. The topological polar surface area (TPSA) is 53.6 Å². The van der Waals surface area contributed by atoms with E-state index in [4.69, 9.17) is 0 Å². The van der Waals surface area contributed by atoms with Crippen molar-refractivity contribution in [1.29, 1.82) is 0 Å². The van der Waals surface area contributed by atoms with Crippen molar-refractivity contribution in [2.45, 2.75) is 20.8 Å². The number of rotatable bonds is 2. The molecule has 80 valence electrons. The summed E-state index contributed by atoms with van der Waals surface area (Å²) in [7, 11) is 0. The van der Waals surface area contributed by atoms with Crippen molar-refractivity contribution in [2.24, 2.45) is 5.41 Å². The van der Waals surface area contributed by atoms with Crippen LogP contribution < -0.4 is 5.32 Å². The monoisotopic (exact) mass is 204 g/mol. The fourth-order valence-corrected chi connectivity index (χ4v) is 1.32. The van der Waals surface area contributed by atoms with Crippen molar-refractivity contribution < 1.29 is 0 Å². The molecule has 1 heterocycles. The van der Waals surface area contributed by atoms with E-state index in [2.05, 4.69) is 41.5 Å². The number of anilines is 1. The number of benzene rings is 1. The highest BCUT2D eigenvalue weighted by Crippen LogP contribution is 2.18. The second kappa shape index (κ2) is 3.53. The lowest BCUT2D eigenvalue weighted by Crippen LogP contribution is -2.18. The molecule has 0 bridgehead atoms. The summed E-state index contributed by atoms with van der Waals surface area (Å²) in [6, 6.07) is 5.99. The Morgan fingerprint density at radius 2 is 1.93 bits per heavy atom. The Bertz CT molecular complexity index is 453. The van der Waals surface area contributed by atoms with Gasteiger partial charge in [0.2, 0.25) is 0 Å². The van der Waals surface area contributed by atoms with E-state index in [1.54, 1.807) is 0 Å². The maximum absolute atomic E-state index is 4.05. The molecule has 2 N–H and O–H groups in total. The summed E-state index contributed by atoms with van der Waals surface area (Å²) in [4.78, 5) is 0. The second-order valence-electron chi connectivity index (χ2n) is 4.94. The third-order valence-electron chi connectivity index (χ3n) is 2.14. The van der Waals surface area contributed by atoms with Crippen molar-refractivity contribution in [3.63, 3.8) is 0 Å². The van der Waals surface area contributed by atoms with Gasteiger partial charge in [-0.05, 0) is 23.6 Å². The molecule has 4 nitrogen and oxygen atoms in total. The van der Waals surface area contributed by atoms with E-state index in [9.17, 15) is 0 Å². The third-order valence-corrected chi connectivity index (χ3v) is 2.14. The van der Waals surface area contributed by atoms with Crippen LogP contribution in [0.5, 0.6) is 0 Å². The Morgan fingerprint density at radius 3 is 2.67 bits per heavy atom. The number of nitrogens with zero attached hydrogens (tertiary/aromatic N) is 2. The SMILES string of the molecule is CC(C)(C)CNc1ccc2n[nH]nc2c1. The van der Waals surface area contributed by atoms with Crippen LogP contribution in [-0.4, -0.2) is 22.0 Å². The fraction of sp³-hybridized carbons (Fsp3) is 0.455. The highest BCUT2D eigenvalue weighted by molar-refractivity contribution is 5.77. The molecule has 0 aliphatic carbocycles. The highest BCUT2D eigenvalue weighted by atomic mass is 15.3. The molecule has 0 aliphatic rings. The molecule has 0 aliphatic heterocycles. The first-order valence-corrected chi connectivity index (χ1v) is 5.09. The predicted octanol–water partition coefficient (Wildman–Crippen LogP) is 2.42. The number of hydrogen-bond donors (Lipinski definition) is 2. The molecule has 0 amide bonds. The predicted molar refractivity (Wildman–Crippen MR) is 61.8 cm³/mol. The van der Waals surface area contributed by atoms with E-state index in [1.807, 2.05) is 18.2 Å². The molecule has 15 heavy (non-hydrogen) atoms. The van der Waals surface area contributed by atoms with Crippen LogP contribution in [0.4, 0.5) is 5.69 Å². The maximum Gasteiger partial charge on any atom is 0.115 e. The summed E-state index contributed by atoms with van der Waals surface area (Å²) < 4.78 is 0. The van der Waals surface area contributed by atoms with Gasteiger partial charge in [-0.3, -0.25) is 0 Å². The molecule has 1 aromatic heterocycles. The summed E-state index contributed by atoms with van der Waals surface area (Å²) in [6.07, 6.45) is 0. The molecule has 2 rings (SSSR count). The molecular formula is C11H16N4. The first-order valence-electron chi connectivity index (χ1n) is 5.09. The van der Waals surface area contributed by atoms with Crippen LogP contribution in [0.1, 0.15) is 20.8 Å². The van der Waals surface area contributed by atoms with E-state index >= 15 is 0 Å². The lowest BCUT2D eigenvalue weighted by molar-refractivity contribution is 0.443. The zero-order chi connectivity index (χ0) is 10.9. The van der Waals surface area contributed by atoms with Crippen LogP contribution in [0.25, 0.3) is 11.0 Å². The highest BCUT2D eigenvalue weighted by Gasteiger charge is 2.09. The number of H-pyrrole nitrogens is 1. The summed E-state index contributed by atoms with van der Waals surface area (Å²) in [5.74, 6) is 0. The Hall–Kier alpha value is -1.58. The van der Waals surface area contributed by atoms with Crippen LogP contribution in [-0.2, 0) is 0 Å². The van der Waals surface area contributed by atoms with Gasteiger partial charge in [0, 0.05) is 12.2 Å². The lowest BCUT2D eigenvalue weighted by atomic mass is 9.97. The summed E-state index contributed by atoms with van der Waals surface area (Å²) in [5.41, 5.74) is 3.16. The summed E-state index contributed by atoms with van der Waals surface area (Å²) in [5, 5.41) is 14.0. The minimum atomic E-state index is 0.277. The molecule has 0 radical (unpaired) electrons. The average Bonchev–Trinajstić information content (AvgIpc) is 2.60. The van der Waals surface area contributed by atoms with Crippen LogP contribution in [0.3, 0.4) is 0 Å². The zero-order valence-electron chi connectivity index (χ0n) is 9.33. The molecule has 0 atom stereocenters. The van der Waals surface area contributed by atoms with Gasteiger partial charge in [0.25, 0.3) is 0 Å². The molecule has 2 aromatic rings. The Kier molecular flexibility index (Phi) is 2.34. The minimum Gasteiger partial charge on any atom is -0.384 e. The van der Waals surface area contributed by atoms with Gasteiger partial charge in [-0.25, -0.2) is 0 Å². The van der Waals surface area contributed by atoms with Crippen molar-refractivity contribution in [1.82, 2.24) is 15.4 Å². The molecule has 0 spiro atoms. The Morgan fingerprint density at radius 1 is 1.20 bits per heavy atom. The normalized spacial score (nSPS) is 11.9. The smallest absolute Gasteiger partial charge is 0.115 e. The number of hydrogen-bond acceptors (Lipinski definition) is 3. The van der Waals surface area contributed by atoms with Gasteiger partial charge < -0.3 is 5.32 Å². The molecule has 1 aromatic carbocycles. The van der Waals surface area contributed by atoms with Gasteiger partial charge in [-0.1, -0.05) is 20.8 Å². The maximum atomic E-state index is 4.05. The van der Waals surface area contributed by atoms with Gasteiger partial charge in [-0.2, -0.15) is 15.4 Å². The van der Waals surface area contributed by atoms with Gasteiger partial charge in [0.05, 0.1) is 0 Å². The quantitative estimate of drug-likeness (QED) is 0.789. The fourth-order valence-electron chi connectivity index (χ4n) is 1.32. The number of aromatic nitrogens is 3. The molecule has 4 heteroatoms. The average molecular weight is 204 g/mol. The molecule has 0 fully saturated rings. The first kappa shape index (κ1) is 9.96. The van der Waals surface area contributed by atoms with E-state index < -0.39 is 0 Å². The Labute approximate surface area is 89.1 Å². The second-order valence-corrected chi connectivity index (χ2v) is 4.94. The van der Waals surface area contributed by atoms with Crippen molar-refractivity contribution in [3.05, 3.63) is 18.2 Å². The van der Waals surface area contributed by atoms with Crippen LogP contribution >= 0.6 is 0 Å². The lowest BCUT2D eigenvalue weighted by Gasteiger charge is -2.19. The Balaban J connectivity index is 2.15. The molecule has 0 saturated carbocycles. The van der Waals surface area contributed by atoms with E-state index in [0.29, 0.717) is 0 Å². The largest absolute Gasteiger partial charge is 0.384 e. The van der Waals surface area contributed by atoms with Crippen LogP contribution in [0.2, 0.25) is 0 Å². The molecule has 0 unspecified atom stereocenters. The van der Waals surface area contributed by atoms with E-state index in [-0.39, 0.29) is 5.41 Å². The summed E-state index contributed by atoms with van der Waals surface area (Å²) in [6.45, 7) is 7.55. The van der Waals surface area contributed by atoms with Crippen LogP contribution in [0.15, 0.2) is 18.2 Å². The van der Waals surface area contributed by atoms with Crippen molar-refractivity contribution >= 4 is 16.7 Å².